The molecule has 0 aliphatic rings. The smallest absolute Gasteiger partial charge is 0.305 e. The zero-order valence-electron chi connectivity index (χ0n) is 10.5. The number of oxazole rings is 1. The van der Waals surface area contributed by atoms with Gasteiger partial charge >= 0.3 is 5.97 Å². The second-order valence-electron chi connectivity index (χ2n) is 3.90. The van der Waals surface area contributed by atoms with Crippen LogP contribution in [0.3, 0.4) is 0 Å². The fourth-order valence-corrected chi connectivity index (χ4v) is 1.56. The number of hydrogen-bond donors (Lipinski definition) is 0. The molecule has 5 nitrogen and oxygen atoms in total. The van der Waals surface area contributed by atoms with Crippen molar-refractivity contribution in [1.82, 2.24) is 4.98 Å². The second kappa shape index (κ2) is 5.95. The highest BCUT2D eigenvalue weighted by Crippen LogP contribution is 2.18. The predicted octanol–water partition coefficient (Wildman–Crippen LogP) is 2.48. The molecule has 0 aliphatic carbocycles. The van der Waals surface area contributed by atoms with Crippen LogP contribution in [0.25, 0.3) is 11.5 Å². The molecular weight excluding hydrogens is 246 g/mol. The van der Waals surface area contributed by atoms with Crippen molar-refractivity contribution in [2.45, 2.75) is 12.8 Å². The Hall–Kier alpha value is -2.43. The maximum Gasteiger partial charge on any atom is 0.305 e. The fraction of sp³-hybridized carbons (Fsp3) is 0.214. The highest BCUT2D eigenvalue weighted by Gasteiger charge is 2.14. The van der Waals surface area contributed by atoms with Gasteiger partial charge in [0, 0.05) is 12.0 Å². The molecule has 2 rings (SSSR count). The Balaban J connectivity index is 2.05. The highest BCUT2D eigenvalue weighted by molar-refractivity contribution is 5.95. The summed E-state index contributed by atoms with van der Waals surface area (Å²) in [4.78, 5) is 26.9. The zero-order valence-corrected chi connectivity index (χ0v) is 10.5. The molecule has 19 heavy (non-hydrogen) atoms. The first-order chi connectivity index (χ1) is 9.20. The number of ketones is 1. The predicted molar refractivity (Wildman–Crippen MR) is 67.5 cm³/mol. The van der Waals surface area contributed by atoms with Crippen molar-refractivity contribution in [2.75, 3.05) is 7.11 Å². The summed E-state index contributed by atoms with van der Waals surface area (Å²) < 4.78 is 9.73. The van der Waals surface area contributed by atoms with Crippen LogP contribution in [0.5, 0.6) is 0 Å². The van der Waals surface area contributed by atoms with Crippen LogP contribution in [0, 0.1) is 0 Å². The summed E-state index contributed by atoms with van der Waals surface area (Å²) >= 11 is 0. The number of rotatable bonds is 5. The monoisotopic (exact) mass is 259 g/mol. The summed E-state index contributed by atoms with van der Waals surface area (Å²) in [5, 5.41) is 0. The van der Waals surface area contributed by atoms with Gasteiger partial charge < -0.3 is 9.15 Å². The summed E-state index contributed by atoms with van der Waals surface area (Å²) in [5.41, 5.74) is 1.03. The third-order valence-corrected chi connectivity index (χ3v) is 2.59. The van der Waals surface area contributed by atoms with Gasteiger partial charge in [0.05, 0.1) is 13.5 Å². The summed E-state index contributed by atoms with van der Waals surface area (Å²) in [6.45, 7) is 0. The first kappa shape index (κ1) is 13.0. The van der Waals surface area contributed by atoms with Crippen LogP contribution in [0.15, 0.2) is 41.0 Å². The molecule has 2 aromatic rings. The first-order valence-corrected chi connectivity index (χ1v) is 5.81. The lowest BCUT2D eigenvalue weighted by Gasteiger charge is -1.96. The molecule has 98 valence electrons. The number of methoxy groups -OCH3 is 1. The molecule has 0 saturated heterocycles. The molecule has 1 aromatic heterocycles. The summed E-state index contributed by atoms with van der Waals surface area (Å²) in [5.74, 6) is -0.265. The third kappa shape index (κ3) is 3.28. The number of Topliss-reactive ketones (excluding diaryl/α,β-unsaturated/α-hetero) is 1. The van der Waals surface area contributed by atoms with Gasteiger partial charge in [0.25, 0.3) is 0 Å². The molecule has 5 heteroatoms. The van der Waals surface area contributed by atoms with E-state index < -0.39 is 5.97 Å². The van der Waals surface area contributed by atoms with Crippen molar-refractivity contribution < 1.29 is 18.7 Å². The topological polar surface area (TPSA) is 69.4 Å². The molecule has 0 spiro atoms. The average Bonchev–Trinajstić information content (AvgIpc) is 2.95. The standard InChI is InChI=1S/C14H13NO4/c1-18-13(17)8-7-12(16)11-9-19-14(15-11)10-5-3-2-4-6-10/h2-6,9H,7-8H2,1H3. The van der Waals surface area contributed by atoms with Crippen molar-refractivity contribution in [2.24, 2.45) is 0 Å². The molecule has 0 bridgehead atoms. The van der Waals surface area contributed by atoms with E-state index in [0.29, 0.717) is 5.89 Å². The number of nitrogens with zero attached hydrogens (tertiary/aromatic N) is 1. The minimum Gasteiger partial charge on any atom is -0.469 e. The van der Waals surface area contributed by atoms with E-state index in [-0.39, 0.29) is 24.3 Å². The maximum atomic E-state index is 11.8. The molecule has 0 aliphatic heterocycles. The first-order valence-electron chi connectivity index (χ1n) is 5.81. The van der Waals surface area contributed by atoms with E-state index in [4.69, 9.17) is 4.42 Å². The lowest BCUT2D eigenvalue weighted by Crippen LogP contribution is -2.06. The van der Waals surface area contributed by atoms with Crippen molar-refractivity contribution in [1.29, 1.82) is 0 Å². The molecule has 0 atom stereocenters. The maximum absolute atomic E-state index is 11.8. The zero-order chi connectivity index (χ0) is 13.7. The Morgan fingerprint density at radius 1 is 1.21 bits per heavy atom. The van der Waals surface area contributed by atoms with Crippen molar-refractivity contribution in [3.8, 4) is 11.5 Å². The van der Waals surface area contributed by atoms with E-state index in [1.807, 2.05) is 30.3 Å². The Bertz CT molecular complexity index is 574. The van der Waals surface area contributed by atoms with Crippen molar-refractivity contribution in [3.05, 3.63) is 42.3 Å². The molecular formula is C14H13NO4. The Morgan fingerprint density at radius 3 is 2.63 bits per heavy atom. The molecule has 0 N–H and O–H groups in total. The van der Waals surface area contributed by atoms with Gasteiger partial charge in [0.2, 0.25) is 5.89 Å². The second-order valence-corrected chi connectivity index (χ2v) is 3.90. The van der Waals surface area contributed by atoms with E-state index in [1.165, 1.54) is 13.4 Å². The highest BCUT2D eigenvalue weighted by atomic mass is 16.5. The molecule has 1 aromatic carbocycles. The molecule has 1 heterocycles. The van der Waals surface area contributed by atoms with E-state index in [0.717, 1.165) is 5.56 Å². The summed E-state index contributed by atoms with van der Waals surface area (Å²) in [6.07, 6.45) is 1.41. The number of esters is 1. The normalized spacial score (nSPS) is 10.2. The Morgan fingerprint density at radius 2 is 1.95 bits per heavy atom. The van der Waals surface area contributed by atoms with Gasteiger partial charge in [-0.05, 0) is 12.1 Å². The van der Waals surface area contributed by atoms with Gasteiger partial charge in [-0.25, -0.2) is 4.98 Å². The van der Waals surface area contributed by atoms with Crippen LogP contribution >= 0.6 is 0 Å². The number of ether oxygens (including phenoxy) is 1. The Labute approximate surface area is 110 Å². The number of aromatic nitrogens is 1. The minimum atomic E-state index is -0.417. The van der Waals surface area contributed by atoms with Crippen LogP contribution in [0.1, 0.15) is 23.3 Å². The number of carbonyl (C=O) groups excluding carboxylic acids is 2. The van der Waals surface area contributed by atoms with E-state index in [2.05, 4.69) is 9.72 Å². The quantitative estimate of drug-likeness (QED) is 0.609. The van der Waals surface area contributed by atoms with Gasteiger partial charge in [0.15, 0.2) is 5.78 Å². The molecule has 0 radical (unpaired) electrons. The van der Waals surface area contributed by atoms with Crippen LogP contribution < -0.4 is 0 Å². The molecule has 0 saturated carbocycles. The van der Waals surface area contributed by atoms with Gasteiger partial charge in [-0.15, -0.1) is 0 Å². The Kier molecular flexibility index (Phi) is 4.07. The largest absolute Gasteiger partial charge is 0.469 e. The lowest BCUT2D eigenvalue weighted by atomic mass is 10.2. The van der Waals surface area contributed by atoms with Crippen LogP contribution in [-0.4, -0.2) is 23.8 Å². The van der Waals surface area contributed by atoms with E-state index in [1.54, 1.807) is 0 Å². The third-order valence-electron chi connectivity index (χ3n) is 2.59. The van der Waals surface area contributed by atoms with Crippen LogP contribution in [0.4, 0.5) is 0 Å². The van der Waals surface area contributed by atoms with Crippen LogP contribution in [0.2, 0.25) is 0 Å². The summed E-state index contributed by atoms with van der Waals surface area (Å²) in [6, 6.07) is 9.29. The molecule has 0 unspecified atom stereocenters. The molecule has 0 amide bonds. The van der Waals surface area contributed by atoms with E-state index >= 15 is 0 Å². The van der Waals surface area contributed by atoms with Gasteiger partial charge in [-0.3, -0.25) is 9.59 Å². The lowest BCUT2D eigenvalue weighted by molar-refractivity contribution is -0.140. The van der Waals surface area contributed by atoms with Crippen molar-refractivity contribution >= 4 is 11.8 Å². The average molecular weight is 259 g/mol. The minimum absolute atomic E-state index is 0.0445. The SMILES string of the molecule is COC(=O)CCC(=O)c1coc(-c2ccccc2)n1. The fourth-order valence-electron chi connectivity index (χ4n) is 1.56. The van der Waals surface area contributed by atoms with Gasteiger partial charge in [-0.1, -0.05) is 18.2 Å². The number of benzene rings is 1. The number of hydrogen-bond acceptors (Lipinski definition) is 5. The number of carbonyl (C=O) groups is 2. The summed E-state index contributed by atoms with van der Waals surface area (Å²) in [7, 11) is 1.29. The van der Waals surface area contributed by atoms with Gasteiger partial charge in [0.1, 0.15) is 12.0 Å². The van der Waals surface area contributed by atoms with E-state index in [9.17, 15) is 9.59 Å². The molecule has 0 fully saturated rings. The van der Waals surface area contributed by atoms with Gasteiger partial charge in [-0.2, -0.15) is 0 Å². The van der Waals surface area contributed by atoms with Crippen LogP contribution in [-0.2, 0) is 9.53 Å². The van der Waals surface area contributed by atoms with Crippen molar-refractivity contribution in [3.63, 3.8) is 0 Å².